The molecule has 0 fully saturated rings. The maximum Gasteiger partial charge on any atom is 0.131 e. The molecule has 6 rings (SSSR count). The van der Waals surface area contributed by atoms with Crippen LogP contribution in [0, 0.1) is 22.7 Å². The molecule has 0 unspecified atom stereocenters. The number of anilines is 3. The van der Waals surface area contributed by atoms with E-state index in [9.17, 15) is 0 Å². The zero-order valence-corrected chi connectivity index (χ0v) is 22.3. The smallest absolute Gasteiger partial charge is 0.131 e. The highest BCUT2D eigenvalue weighted by Gasteiger charge is 2.27. The van der Waals surface area contributed by atoms with E-state index < -0.39 is 0 Å². The Hall–Kier alpha value is -4.64. The molecule has 0 saturated carbocycles. The maximum absolute atomic E-state index is 9.16. The van der Waals surface area contributed by atoms with Gasteiger partial charge in [-0.2, -0.15) is 10.5 Å². The monoisotopic (exact) mass is 507 g/mol. The number of hydrogen-bond donors (Lipinski definition) is 0. The summed E-state index contributed by atoms with van der Waals surface area (Å²) in [5.74, 6) is 0. The Balaban J connectivity index is 1.56. The quantitative estimate of drug-likeness (QED) is 0.224. The summed E-state index contributed by atoms with van der Waals surface area (Å²) < 4.78 is 0. The highest BCUT2D eigenvalue weighted by Crippen LogP contribution is 2.52. The molecule has 38 heavy (non-hydrogen) atoms. The molecule has 0 aliphatic carbocycles. The van der Waals surface area contributed by atoms with E-state index in [1.165, 1.54) is 33.2 Å². The van der Waals surface area contributed by atoms with E-state index in [1.807, 2.05) is 18.2 Å². The van der Waals surface area contributed by atoms with Crippen LogP contribution in [0.2, 0.25) is 0 Å². The van der Waals surface area contributed by atoms with Crippen molar-refractivity contribution in [3.63, 3.8) is 0 Å². The number of para-hydroxylation sites is 1. The molecule has 3 nitrogen and oxygen atoms in total. The highest BCUT2D eigenvalue weighted by atomic mass is 32.1. The number of hydrogen-bond acceptors (Lipinski definition) is 4. The zero-order valence-electron chi connectivity index (χ0n) is 21.5. The first-order valence-corrected chi connectivity index (χ1v) is 13.4. The predicted octanol–water partition coefficient (Wildman–Crippen LogP) is 9.75. The number of thiophene rings is 1. The van der Waals surface area contributed by atoms with Crippen LogP contribution >= 0.6 is 11.3 Å². The number of nitriles is 2. The van der Waals surface area contributed by atoms with E-state index in [0.717, 1.165) is 26.7 Å². The first-order valence-electron chi connectivity index (χ1n) is 12.6. The van der Waals surface area contributed by atoms with Crippen LogP contribution in [0.3, 0.4) is 0 Å². The van der Waals surface area contributed by atoms with Crippen molar-refractivity contribution in [2.75, 3.05) is 4.90 Å². The van der Waals surface area contributed by atoms with Crippen molar-refractivity contribution in [2.24, 2.45) is 0 Å². The van der Waals surface area contributed by atoms with E-state index in [-0.39, 0.29) is 11.0 Å². The first kappa shape index (κ1) is 23.7. The van der Waals surface area contributed by atoms with E-state index in [4.69, 9.17) is 10.5 Å². The Morgan fingerprint density at radius 3 is 2.21 bits per heavy atom. The van der Waals surface area contributed by atoms with Crippen LogP contribution in [0.4, 0.5) is 17.1 Å². The number of benzene rings is 4. The Bertz CT molecular complexity index is 1800. The molecule has 0 radical (unpaired) electrons. The van der Waals surface area contributed by atoms with Gasteiger partial charge in [-0.1, -0.05) is 75.4 Å². The Labute approximate surface area is 227 Å². The fraction of sp³-hybridized carbons (Fsp3) is 0.118. The van der Waals surface area contributed by atoms with Crippen molar-refractivity contribution in [2.45, 2.75) is 26.2 Å². The Morgan fingerprint density at radius 2 is 1.47 bits per heavy atom. The van der Waals surface area contributed by atoms with Crippen LogP contribution in [0.1, 0.15) is 31.2 Å². The van der Waals surface area contributed by atoms with E-state index in [1.54, 1.807) is 17.4 Å². The molecular formula is C34H25N3S. The summed E-state index contributed by atoms with van der Waals surface area (Å²) in [5.41, 5.74) is 8.57. The van der Waals surface area contributed by atoms with Gasteiger partial charge in [0.2, 0.25) is 0 Å². The van der Waals surface area contributed by atoms with Crippen molar-refractivity contribution in [1.29, 1.82) is 10.5 Å². The Kier molecular flexibility index (Phi) is 5.64. The van der Waals surface area contributed by atoms with Crippen LogP contribution in [0.25, 0.3) is 38.4 Å². The summed E-state index contributed by atoms with van der Waals surface area (Å²) >= 11 is 1.59. The van der Waals surface area contributed by atoms with Gasteiger partial charge in [0.05, 0.1) is 11.4 Å². The van der Waals surface area contributed by atoms with Crippen LogP contribution < -0.4 is 4.90 Å². The van der Waals surface area contributed by atoms with Crippen LogP contribution in [-0.2, 0) is 5.41 Å². The molecule has 0 amide bonds. The normalized spacial score (nSPS) is 12.0. The molecule has 0 N–H and O–H groups in total. The van der Waals surface area contributed by atoms with Gasteiger partial charge in [-0.25, -0.2) is 0 Å². The number of rotatable bonds is 3. The maximum atomic E-state index is 9.16. The van der Waals surface area contributed by atoms with Gasteiger partial charge in [0.1, 0.15) is 17.7 Å². The lowest BCUT2D eigenvalue weighted by Gasteiger charge is -2.34. The van der Waals surface area contributed by atoms with Crippen LogP contribution in [0.5, 0.6) is 0 Å². The second-order valence-corrected chi connectivity index (χ2v) is 11.6. The van der Waals surface area contributed by atoms with Gasteiger partial charge >= 0.3 is 0 Å². The van der Waals surface area contributed by atoms with Gasteiger partial charge in [-0.15, -0.1) is 11.3 Å². The fourth-order valence-corrected chi connectivity index (χ4v) is 6.23. The number of fused-ring (bicyclic) bond motifs is 2. The summed E-state index contributed by atoms with van der Waals surface area (Å²) in [6.45, 7) is 6.72. The SMILES string of the molecule is CC(C)(C)c1ccc(N2c3ccccc3-c3cccc4c(-c5ccc(C=C(C#N)C#N)s5)ccc2c34)cc1. The molecular weight excluding hydrogens is 482 g/mol. The van der Waals surface area contributed by atoms with Gasteiger partial charge < -0.3 is 4.90 Å². The van der Waals surface area contributed by atoms with Gasteiger partial charge in [-0.05, 0) is 70.0 Å². The first-order chi connectivity index (χ1) is 18.4. The standard InChI is InChI=1S/C34H25N3S/c1-34(2,3)23-11-13-24(14-12-23)37-30-10-5-4-7-26(30)28-8-6-9-29-27(16-17-31(37)33(28)29)32-18-15-25(38-32)19-22(20-35)21-36/h4-19H,1-3H3. The molecule has 1 aliphatic heterocycles. The summed E-state index contributed by atoms with van der Waals surface area (Å²) in [6.07, 6.45) is 1.65. The minimum Gasteiger partial charge on any atom is -0.309 e. The second kappa shape index (κ2) is 9.03. The van der Waals surface area contributed by atoms with Gasteiger partial charge in [0.15, 0.2) is 0 Å². The third-order valence-corrected chi connectivity index (χ3v) is 8.17. The molecule has 1 aliphatic rings. The van der Waals surface area contributed by atoms with Crippen molar-refractivity contribution in [1.82, 2.24) is 0 Å². The van der Waals surface area contributed by atoms with Gasteiger partial charge in [0, 0.05) is 26.4 Å². The number of nitrogens with zero attached hydrogens (tertiary/aromatic N) is 3. The van der Waals surface area contributed by atoms with E-state index in [2.05, 4.69) is 111 Å². The number of allylic oxidation sites excluding steroid dienone is 1. The van der Waals surface area contributed by atoms with E-state index >= 15 is 0 Å². The summed E-state index contributed by atoms with van der Waals surface area (Å²) in [5, 5.41) is 20.7. The molecule has 2 heterocycles. The Morgan fingerprint density at radius 1 is 0.737 bits per heavy atom. The molecule has 182 valence electrons. The minimum atomic E-state index is 0.0931. The largest absolute Gasteiger partial charge is 0.309 e. The predicted molar refractivity (Wildman–Crippen MR) is 159 cm³/mol. The lowest BCUT2D eigenvalue weighted by molar-refractivity contribution is 0.590. The topological polar surface area (TPSA) is 50.8 Å². The molecule has 0 spiro atoms. The summed E-state index contributed by atoms with van der Waals surface area (Å²) in [6, 6.07) is 36.4. The minimum absolute atomic E-state index is 0.0931. The van der Waals surface area contributed by atoms with Crippen LogP contribution in [-0.4, -0.2) is 0 Å². The average Bonchev–Trinajstić information content (AvgIpc) is 3.40. The van der Waals surface area contributed by atoms with Gasteiger partial charge in [0.25, 0.3) is 0 Å². The molecule has 5 aromatic rings. The fourth-order valence-electron chi connectivity index (χ4n) is 5.24. The highest BCUT2D eigenvalue weighted by molar-refractivity contribution is 7.16. The molecule has 0 bridgehead atoms. The molecule has 0 atom stereocenters. The third kappa shape index (κ3) is 3.88. The summed E-state index contributed by atoms with van der Waals surface area (Å²) in [7, 11) is 0. The lowest BCUT2D eigenvalue weighted by atomic mass is 9.86. The average molecular weight is 508 g/mol. The molecule has 0 saturated heterocycles. The van der Waals surface area contributed by atoms with E-state index in [0.29, 0.717) is 0 Å². The van der Waals surface area contributed by atoms with Crippen molar-refractivity contribution in [3.8, 4) is 33.7 Å². The van der Waals surface area contributed by atoms with Crippen molar-refractivity contribution < 1.29 is 0 Å². The molecule has 4 aromatic carbocycles. The third-order valence-electron chi connectivity index (χ3n) is 7.11. The lowest BCUT2D eigenvalue weighted by Crippen LogP contribution is -2.16. The second-order valence-electron chi connectivity index (χ2n) is 10.5. The zero-order chi connectivity index (χ0) is 26.4. The molecule has 1 aromatic heterocycles. The van der Waals surface area contributed by atoms with Gasteiger partial charge in [-0.3, -0.25) is 0 Å². The molecule has 4 heteroatoms. The van der Waals surface area contributed by atoms with Crippen molar-refractivity contribution >= 4 is 45.2 Å². The summed E-state index contributed by atoms with van der Waals surface area (Å²) in [4.78, 5) is 4.37. The van der Waals surface area contributed by atoms with Crippen LogP contribution in [0.15, 0.2) is 96.6 Å². The van der Waals surface area contributed by atoms with Crippen molar-refractivity contribution in [3.05, 3.63) is 107 Å².